The Bertz CT molecular complexity index is 1250. The highest BCUT2D eigenvalue weighted by molar-refractivity contribution is 6.31. The van der Waals surface area contributed by atoms with E-state index in [9.17, 15) is 14.4 Å². The van der Waals surface area contributed by atoms with Crippen molar-refractivity contribution in [3.8, 4) is 0 Å². The molecule has 0 saturated carbocycles. The van der Waals surface area contributed by atoms with Crippen molar-refractivity contribution >= 4 is 58.3 Å². The monoisotopic (exact) mass is 499 g/mol. The van der Waals surface area contributed by atoms with E-state index in [1.165, 1.54) is 66.7 Å². The maximum atomic E-state index is 12.8. The maximum Gasteiger partial charge on any atom is 0.323 e. The molecule has 0 atom stereocenters. The summed E-state index contributed by atoms with van der Waals surface area (Å²) in [6, 6.07) is 13.7. The number of nitrogens with zero attached hydrogens (tertiary/aromatic N) is 2. The van der Waals surface area contributed by atoms with Gasteiger partial charge in [0.15, 0.2) is 0 Å². The van der Waals surface area contributed by atoms with E-state index in [1.807, 2.05) is 0 Å². The number of carboxylic acids is 1. The van der Waals surface area contributed by atoms with E-state index in [0.717, 1.165) is 0 Å². The van der Waals surface area contributed by atoms with Crippen LogP contribution in [0.3, 0.4) is 0 Å². The van der Waals surface area contributed by atoms with Crippen LogP contribution >= 0.6 is 23.2 Å². The molecule has 11 heteroatoms. The van der Waals surface area contributed by atoms with Crippen molar-refractivity contribution < 1.29 is 19.5 Å². The van der Waals surface area contributed by atoms with E-state index in [-0.39, 0.29) is 35.0 Å². The Balaban J connectivity index is 1.75. The van der Waals surface area contributed by atoms with Crippen molar-refractivity contribution in [3.05, 3.63) is 87.5 Å². The highest BCUT2D eigenvalue weighted by Gasteiger charge is 2.17. The minimum absolute atomic E-state index is 0.00169. The molecule has 0 bridgehead atoms. The number of hydrogen-bond donors (Lipinski definition) is 4. The summed E-state index contributed by atoms with van der Waals surface area (Å²) < 4.78 is 0. The standard InChI is InChI=1S/C23H19Cl2N5O4/c1-30(12-20(31)32)21(26)13-2-4-14(5-3-13)22(33)28-18-8-6-15(24)10-17(18)23(34)29-19-9-7-16(25)11-27-19/h2-11,26H,12H2,1H3,(H,28,33)(H,31,32)(H,27,29,34). The predicted molar refractivity (Wildman–Crippen MR) is 130 cm³/mol. The average molecular weight is 500 g/mol. The van der Waals surface area contributed by atoms with Gasteiger partial charge in [-0.3, -0.25) is 19.8 Å². The number of hydrogen-bond acceptors (Lipinski definition) is 5. The van der Waals surface area contributed by atoms with E-state index < -0.39 is 17.8 Å². The van der Waals surface area contributed by atoms with Crippen molar-refractivity contribution in [1.29, 1.82) is 5.41 Å². The molecule has 3 aromatic rings. The zero-order valence-corrected chi connectivity index (χ0v) is 19.3. The van der Waals surface area contributed by atoms with Crippen molar-refractivity contribution in [3.63, 3.8) is 0 Å². The first-order valence-electron chi connectivity index (χ1n) is 9.80. The largest absolute Gasteiger partial charge is 0.480 e. The first kappa shape index (κ1) is 24.7. The number of halogens is 2. The lowest BCUT2D eigenvalue weighted by atomic mass is 10.1. The van der Waals surface area contributed by atoms with Crippen LogP contribution in [0.25, 0.3) is 0 Å². The maximum absolute atomic E-state index is 12.8. The van der Waals surface area contributed by atoms with Crippen LogP contribution < -0.4 is 10.6 Å². The molecule has 0 aliphatic heterocycles. The molecule has 0 radical (unpaired) electrons. The number of rotatable bonds is 7. The second-order valence-electron chi connectivity index (χ2n) is 7.14. The summed E-state index contributed by atoms with van der Waals surface area (Å²) >= 11 is 11.9. The number of likely N-dealkylation sites (N-methyl/N-ethyl adjacent to an activating group) is 1. The summed E-state index contributed by atoms with van der Waals surface area (Å²) in [6.45, 7) is -0.325. The normalized spacial score (nSPS) is 10.3. The molecule has 2 amide bonds. The van der Waals surface area contributed by atoms with E-state index in [2.05, 4.69) is 15.6 Å². The van der Waals surface area contributed by atoms with Crippen LogP contribution in [0.15, 0.2) is 60.8 Å². The molecule has 0 aliphatic carbocycles. The van der Waals surface area contributed by atoms with Crippen LogP contribution in [0.1, 0.15) is 26.3 Å². The van der Waals surface area contributed by atoms with Gasteiger partial charge >= 0.3 is 5.97 Å². The number of carbonyl (C=O) groups excluding carboxylic acids is 2. The number of anilines is 2. The molecule has 4 N–H and O–H groups in total. The fourth-order valence-electron chi connectivity index (χ4n) is 2.92. The number of carboxylic acid groups (broad SMARTS) is 1. The van der Waals surface area contributed by atoms with Crippen LogP contribution in [0.2, 0.25) is 10.0 Å². The molecule has 0 aliphatic rings. The van der Waals surface area contributed by atoms with Crippen molar-refractivity contribution in [2.45, 2.75) is 0 Å². The van der Waals surface area contributed by atoms with Gasteiger partial charge in [0.2, 0.25) is 0 Å². The fraction of sp³-hybridized carbons (Fsp3) is 0.0870. The fourth-order valence-corrected chi connectivity index (χ4v) is 3.21. The Hall–Kier alpha value is -3.95. The van der Waals surface area contributed by atoms with Crippen molar-refractivity contribution in [1.82, 2.24) is 9.88 Å². The number of aromatic nitrogens is 1. The van der Waals surface area contributed by atoms with E-state index in [0.29, 0.717) is 15.6 Å². The van der Waals surface area contributed by atoms with Crippen molar-refractivity contribution in [2.24, 2.45) is 0 Å². The van der Waals surface area contributed by atoms with Gasteiger partial charge in [-0.2, -0.15) is 0 Å². The number of aliphatic carboxylic acids is 1. The Morgan fingerprint density at radius 3 is 2.21 bits per heavy atom. The number of amides is 2. The second kappa shape index (κ2) is 10.8. The van der Waals surface area contributed by atoms with Crippen LogP contribution in [0.5, 0.6) is 0 Å². The van der Waals surface area contributed by atoms with Gasteiger partial charge in [-0.25, -0.2) is 4.98 Å². The highest BCUT2D eigenvalue weighted by atomic mass is 35.5. The lowest BCUT2D eigenvalue weighted by Gasteiger charge is -2.17. The molecule has 34 heavy (non-hydrogen) atoms. The lowest BCUT2D eigenvalue weighted by molar-refractivity contribution is -0.137. The topological polar surface area (TPSA) is 135 Å². The zero-order chi connectivity index (χ0) is 24.8. The van der Waals surface area contributed by atoms with Gasteiger partial charge in [-0.15, -0.1) is 0 Å². The molecule has 9 nitrogen and oxygen atoms in total. The van der Waals surface area contributed by atoms with Crippen LogP contribution in [-0.4, -0.2) is 52.2 Å². The molecule has 0 unspecified atom stereocenters. The minimum Gasteiger partial charge on any atom is -0.480 e. The molecular formula is C23H19Cl2N5O4. The summed E-state index contributed by atoms with van der Waals surface area (Å²) in [6.07, 6.45) is 1.39. The molecule has 1 aromatic heterocycles. The number of benzene rings is 2. The number of amidine groups is 1. The second-order valence-corrected chi connectivity index (χ2v) is 8.01. The Kier molecular flexibility index (Phi) is 7.83. The molecule has 174 valence electrons. The Morgan fingerprint density at radius 1 is 0.941 bits per heavy atom. The van der Waals surface area contributed by atoms with E-state index in [1.54, 1.807) is 6.07 Å². The van der Waals surface area contributed by atoms with Crippen LogP contribution in [0.4, 0.5) is 11.5 Å². The summed E-state index contributed by atoms with van der Waals surface area (Å²) in [5.74, 6) is -1.80. The minimum atomic E-state index is -1.06. The van der Waals surface area contributed by atoms with Crippen LogP contribution in [0, 0.1) is 5.41 Å². The lowest BCUT2D eigenvalue weighted by Crippen LogP contribution is -2.32. The third-order valence-corrected chi connectivity index (χ3v) is 5.08. The molecule has 2 aromatic carbocycles. The van der Waals surface area contributed by atoms with Gasteiger partial charge in [-0.05, 0) is 42.5 Å². The summed E-state index contributed by atoms with van der Waals surface area (Å²) in [4.78, 5) is 41.7. The zero-order valence-electron chi connectivity index (χ0n) is 17.8. The average Bonchev–Trinajstić information content (AvgIpc) is 2.80. The van der Waals surface area contributed by atoms with E-state index >= 15 is 0 Å². The molecular weight excluding hydrogens is 481 g/mol. The highest BCUT2D eigenvalue weighted by Crippen LogP contribution is 2.23. The summed E-state index contributed by atoms with van der Waals surface area (Å²) in [7, 11) is 1.49. The van der Waals surface area contributed by atoms with Gasteiger partial charge in [0.25, 0.3) is 11.8 Å². The van der Waals surface area contributed by atoms with Gasteiger partial charge in [0.05, 0.1) is 16.3 Å². The van der Waals surface area contributed by atoms with Gasteiger partial charge < -0.3 is 20.6 Å². The van der Waals surface area contributed by atoms with E-state index in [4.69, 9.17) is 33.7 Å². The third kappa shape index (κ3) is 6.31. The van der Waals surface area contributed by atoms with Gasteiger partial charge in [0.1, 0.15) is 18.2 Å². The summed E-state index contributed by atoms with van der Waals surface area (Å²) in [5.41, 5.74) is 1.09. The van der Waals surface area contributed by atoms with Crippen LogP contribution in [-0.2, 0) is 4.79 Å². The predicted octanol–water partition coefficient (Wildman–Crippen LogP) is 4.23. The molecule has 1 heterocycles. The van der Waals surface area contributed by atoms with Crippen molar-refractivity contribution in [2.75, 3.05) is 24.2 Å². The molecule has 3 rings (SSSR count). The molecule has 0 fully saturated rings. The third-order valence-electron chi connectivity index (χ3n) is 4.62. The molecule has 0 spiro atoms. The SMILES string of the molecule is CN(CC(=O)O)C(=N)c1ccc(C(=O)Nc2ccc(Cl)cc2C(=O)Nc2ccc(Cl)cn2)cc1. The Labute approximate surface area is 204 Å². The quantitative estimate of drug-likeness (QED) is 0.283. The first-order valence-corrected chi connectivity index (χ1v) is 10.6. The van der Waals surface area contributed by atoms with Gasteiger partial charge in [0, 0.05) is 29.4 Å². The number of carbonyl (C=O) groups is 3. The Morgan fingerprint density at radius 2 is 1.59 bits per heavy atom. The number of nitrogens with one attached hydrogen (secondary N) is 3. The molecule has 0 saturated heterocycles. The first-order chi connectivity index (χ1) is 16.1. The number of pyridine rings is 1. The van der Waals surface area contributed by atoms with Gasteiger partial charge in [-0.1, -0.05) is 35.3 Å². The smallest absolute Gasteiger partial charge is 0.323 e. The summed E-state index contributed by atoms with van der Waals surface area (Å²) in [5, 5.41) is 23.0.